The lowest BCUT2D eigenvalue weighted by Gasteiger charge is -2.23. The van der Waals surface area contributed by atoms with Crippen molar-refractivity contribution in [2.24, 2.45) is 11.3 Å². The van der Waals surface area contributed by atoms with E-state index in [1.807, 2.05) is 13.8 Å². The second-order valence-corrected chi connectivity index (χ2v) is 5.01. The van der Waals surface area contributed by atoms with E-state index in [-0.39, 0.29) is 5.41 Å². The van der Waals surface area contributed by atoms with Crippen molar-refractivity contribution in [2.75, 3.05) is 26.3 Å². The number of nitriles is 1. The van der Waals surface area contributed by atoms with Gasteiger partial charge in [-0.1, -0.05) is 0 Å². The van der Waals surface area contributed by atoms with Crippen LogP contribution in [-0.4, -0.2) is 26.3 Å². The average molecular weight is 210 g/mol. The monoisotopic (exact) mass is 210 g/mol. The largest absolute Gasteiger partial charge is 0.381 e. The quantitative estimate of drug-likeness (QED) is 0.705. The maximum Gasteiger partial charge on any atom is 0.0684 e. The van der Waals surface area contributed by atoms with Gasteiger partial charge >= 0.3 is 0 Å². The van der Waals surface area contributed by atoms with E-state index in [0.29, 0.717) is 6.61 Å². The number of piperidine rings is 1. The molecule has 1 fully saturated rings. The Balaban J connectivity index is 2.04. The molecule has 86 valence electrons. The molecule has 0 aliphatic carbocycles. The van der Waals surface area contributed by atoms with E-state index in [1.165, 1.54) is 12.8 Å². The third-order valence-corrected chi connectivity index (χ3v) is 2.99. The van der Waals surface area contributed by atoms with E-state index >= 15 is 0 Å². The second-order valence-electron chi connectivity index (χ2n) is 5.01. The summed E-state index contributed by atoms with van der Waals surface area (Å²) in [6.45, 7) is 7.74. The fourth-order valence-electron chi connectivity index (χ4n) is 1.68. The van der Waals surface area contributed by atoms with Gasteiger partial charge in [0.2, 0.25) is 0 Å². The molecule has 1 N–H and O–H groups in total. The molecular weight excluding hydrogens is 188 g/mol. The molecule has 15 heavy (non-hydrogen) atoms. The van der Waals surface area contributed by atoms with E-state index in [0.717, 1.165) is 32.0 Å². The molecule has 3 heteroatoms. The summed E-state index contributed by atoms with van der Waals surface area (Å²) in [6.07, 6.45) is 3.28. The summed E-state index contributed by atoms with van der Waals surface area (Å²) in [5, 5.41) is 12.2. The Kier molecular flexibility index (Phi) is 5.07. The summed E-state index contributed by atoms with van der Waals surface area (Å²) in [7, 11) is 0. The standard InChI is InChI=1S/C12H22N2O/c1-12(2,10-13)5-8-15-9-11-3-6-14-7-4-11/h11,14H,3-9H2,1-2H3. The van der Waals surface area contributed by atoms with Gasteiger partial charge < -0.3 is 10.1 Å². The van der Waals surface area contributed by atoms with Crippen LogP contribution in [0.2, 0.25) is 0 Å². The van der Waals surface area contributed by atoms with Crippen LogP contribution < -0.4 is 5.32 Å². The van der Waals surface area contributed by atoms with Crippen LogP contribution in [0.5, 0.6) is 0 Å². The highest BCUT2D eigenvalue weighted by molar-refractivity contribution is 4.91. The van der Waals surface area contributed by atoms with Gasteiger partial charge in [0.15, 0.2) is 0 Å². The molecule has 0 spiro atoms. The molecule has 0 aromatic carbocycles. The molecule has 1 saturated heterocycles. The molecular formula is C12H22N2O. The number of nitrogens with zero attached hydrogens (tertiary/aromatic N) is 1. The number of rotatable bonds is 5. The minimum Gasteiger partial charge on any atom is -0.381 e. The minimum atomic E-state index is -0.242. The molecule has 0 amide bonds. The molecule has 0 aromatic heterocycles. The Morgan fingerprint density at radius 1 is 1.40 bits per heavy atom. The van der Waals surface area contributed by atoms with E-state index in [4.69, 9.17) is 10.00 Å². The molecule has 1 aliphatic heterocycles. The molecule has 1 rings (SSSR count). The van der Waals surface area contributed by atoms with Gasteiger partial charge in [-0.25, -0.2) is 0 Å². The van der Waals surface area contributed by atoms with Crippen molar-refractivity contribution in [1.29, 1.82) is 5.26 Å². The summed E-state index contributed by atoms with van der Waals surface area (Å²) in [6, 6.07) is 2.29. The SMILES string of the molecule is CC(C)(C#N)CCOCC1CCNCC1. The van der Waals surface area contributed by atoms with Crippen LogP contribution in [0.3, 0.4) is 0 Å². The molecule has 1 heterocycles. The first-order valence-corrected chi connectivity index (χ1v) is 5.84. The molecule has 0 bridgehead atoms. The van der Waals surface area contributed by atoms with Crippen molar-refractivity contribution in [3.63, 3.8) is 0 Å². The summed E-state index contributed by atoms with van der Waals surface area (Å²) >= 11 is 0. The lowest BCUT2D eigenvalue weighted by atomic mass is 9.92. The van der Waals surface area contributed by atoms with E-state index < -0.39 is 0 Å². The minimum absolute atomic E-state index is 0.242. The highest BCUT2D eigenvalue weighted by Gasteiger charge is 2.17. The van der Waals surface area contributed by atoms with Gasteiger partial charge in [-0.2, -0.15) is 5.26 Å². The van der Waals surface area contributed by atoms with Crippen LogP contribution in [0.25, 0.3) is 0 Å². The molecule has 0 radical (unpaired) electrons. The van der Waals surface area contributed by atoms with Gasteiger partial charge in [-0.3, -0.25) is 0 Å². The Hall–Kier alpha value is -0.590. The van der Waals surface area contributed by atoms with Crippen molar-refractivity contribution in [1.82, 2.24) is 5.32 Å². The zero-order valence-electron chi connectivity index (χ0n) is 9.88. The first-order valence-electron chi connectivity index (χ1n) is 5.84. The Bertz CT molecular complexity index is 214. The zero-order chi connectivity index (χ0) is 11.1. The van der Waals surface area contributed by atoms with Gasteiger partial charge in [0.25, 0.3) is 0 Å². The molecule has 1 aliphatic rings. The highest BCUT2D eigenvalue weighted by atomic mass is 16.5. The normalized spacial score (nSPS) is 18.7. The van der Waals surface area contributed by atoms with Crippen LogP contribution in [-0.2, 0) is 4.74 Å². The first kappa shape index (κ1) is 12.5. The molecule has 0 unspecified atom stereocenters. The summed E-state index contributed by atoms with van der Waals surface area (Å²) in [4.78, 5) is 0. The van der Waals surface area contributed by atoms with Crippen LogP contribution in [0.1, 0.15) is 33.1 Å². The summed E-state index contributed by atoms with van der Waals surface area (Å²) in [5.74, 6) is 0.719. The fourth-order valence-corrected chi connectivity index (χ4v) is 1.68. The van der Waals surface area contributed by atoms with Gasteiger partial charge in [0.1, 0.15) is 0 Å². The highest BCUT2D eigenvalue weighted by Crippen LogP contribution is 2.19. The molecule has 3 nitrogen and oxygen atoms in total. The predicted octanol–water partition coefficient (Wildman–Crippen LogP) is 1.94. The third-order valence-electron chi connectivity index (χ3n) is 2.99. The van der Waals surface area contributed by atoms with Crippen LogP contribution in [0.4, 0.5) is 0 Å². The van der Waals surface area contributed by atoms with E-state index in [2.05, 4.69) is 11.4 Å². The topological polar surface area (TPSA) is 45.0 Å². The predicted molar refractivity (Wildman–Crippen MR) is 60.4 cm³/mol. The third kappa shape index (κ3) is 5.15. The average Bonchev–Trinajstić information content (AvgIpc) is 2.26. The second kappa shape index (κ2) is 6.09. The fraction of sp³-hybridized carbons (Fsp3) is 0.917. The molecule has 0 saturated carbocycles. The van der Waals surface area contributed by atoms with Crippen molar-refractivity contribution in [3.05, 3.63) is 0 Å². The summed E-state index contributed by atoms with van der Waals surface area (Å²) < 4.78 is 5.63. The van der Waals surface area contributed by atoms with Gasteiger partial charge in [0.05, 0.1) is 11.5 Å². The van der Waals surface area contributed by atoms with Crippen molar-refractivity contribution < 1.29 is 4.74 Å². The molecule has 0 aromatic rings. The lowest BCUT2D eigenvalue weighted by molar-refractivity contribution is 0.0748. The van der Waals surface area contributed by atoms with E-state index in [9.17, 15) is 0 Å². The van der Waals surface area contributed by atoms with Gasteiger partial charge in [-0.15, -0.1) is 0 Å². The first-order chi connectivity index (χ1) is 7.14. The Morgan fingerprint density at radius 3 is 2.67 bits per heavy atom. The van der Waals surface area contributed by atoms with E-state index in [1.54, 1.807) is 0 Å². The smallest absolute Gasteiger partial charge is 0.0684 e. The summed E-state index contributed by atoms with van der Waals surface area (Å²) in [5.41, 5.74) is -0.242. The Morgan fingerprint density at radius 2 is 2.07 bits per heavy atom. The van der Waals surface area contributed by atoms with Crippen LogP contribution in [0.15, 0.2) is 0 Å². The van der Waals surface area contributed by atoms with Crippen molar-refractivity contribution in [2.45, 2.75) is 33.1 Å². The maximum absolute atomic E-state index is 8.83. The van der Waals surface area contributed by atoms with Crippen LogP contribution in [0, 0.1) is 22.7 Å². The lowest BCUT2D eigenvalue weighted by Crippen LogP contribution is -2.30. The van der Waals surface area contributed by atoms with Gasteiger partial charge in [0, 0.05) is 13.2 Å². The van der Waals surface area contributed by atoms with Crippen molar-refractivity contribution >= 4 is 0 Å². The number of nitrogens with one attached hydrogen (secondary N) is 1. The zero-order valence-corrected chi connectivity index (χ0v) is 9.88. The maximum atomic E-state index is 8.83. The van der Waals surface area contributed by atoms with Crippen LogP contribution >= 0.6 is 0 Å². The molecule has 0 atom stereocenters. The Labute approximate surface area is 92.8 Å². The number of hydrogen-bond acceptors (Lipinski definition) is 3. The number of hydrogen-bond donors (Lipinski definition) is 1. The van der Waals surface area contributed by atoms with Gasteiger partial charge in [-0.05, 0) is 52.1 Å². The number of ether oxygens (including phenoxy) is 1. The van der Waals surface area contributed by atoms with Crippen molar-refractivity contribution in [3.8, 4) is 6.07 Å².